The third kappa shape index (κ3) is 1.63. The van der Waals surface area contributed by atoms with Gasteiger partial charge in [0, 0.05) is 11.6 Å². The van der Waals surface area contributed by atoms with Crippen LogP contribution in [-0.2, 0) is 0 Å². The lowest BCUT2D eigenvalue weighted by molar-refractivity contribution is 1.28. The number of aromatic nitrogens is 1. The molecule has 98 valence electrons. The Morgan fingerprint density at radius 1 is 0.905 bits per heavy atom. The molecule has 0 amide bonds. The van der Waals surface area contributed by atoms with Crippen molar-refractivity contribution in [2.75, 3.05) is 0 Å². The molecule has 0 aliphatic heterocycles. The predicted octanol–water partition coefficient (Wildman–Crippen LogP) is 3.71. The molecule has 1 N–H and O–H groups in total. The highest BCUT2D eigenvalue weighted by atomic mass is 16.1. The van der Waals surface area contributed by atoms with E-state index >= 15 is 0 Å². The number of nitrogens with one attached hydrogen (secondary N) is 1. The summed E-state index contributed by atoms with van der Waals surface area (Å²) in [5, 5.41) is 14.6. The molecule has 4 aromatic rings. The van der Waals surface area contributed by atoms with Gasteiger partial charge in [-0.3, -0.25) is 4.79 Å². The van der Waals surface area contributed by atoms with Crippen molar-refractivity contribution < 1.29 is 0 Å². The standard InChI is InChI=1S/C18H10N2O/c19-10-14-7-13-5-6-20-18(21)17(13)16-9-12-4-2-1-3-11(12)8-15(14)16/h1-9H,(H,20,21). The molecule has 0 aliphatic carbocycles. The summed E-state index contributed by atoms with van der Waals surface area (Å²) in [6.45, 7) is 0. The van der Waals surface area contributed by atoms with Crippen LogP contribution in [0.15, 0.2) is 59.5 Å². The van der Waals surface area contributed by atoms with Gasteiger partial charge in [-0.25, -0.2) is 0 Å². The summed E-state index contributed by atoms with van der Waals surface area (Å²) in [6.07, 6.45) is 1.61. The van der Waals surface area contributed by atoms with Crippen LogP contribution in [0.5, 0.6) is 0 Å². The van der Waals surface area contributed by atoms with Crippen molar-refractivity contribution in [2.24, 2.45) is 0 Å². The molecule has 0 aliphatic rings. The molecule has 3 nitrogen and oxygen atoms in total. The maximum atomic E-state index is 12.2. The van der Waals surface area contributed by atoms with Crippen molar-refractivity contribution in [3.63, 3.8) is 0 Å². The summed E-state index contributed by atoms with van der Waals surface area (Å²) in [6, 6.07) is 17.8. The van der Waals surface area contributed by atoms with Gasteiger partial charge >= 0.3 is 0 Å². The molecule has 0 unspecified atom stereocenters. The Bertz CT molecular complexity index is 1120. The van der Waals surface area contributed by atoms with Crippen LogP contribution in [0.2, 0.25) is 0 Å². The van der Waals surface area contributed by atoms with E-state index in [-0.39, 0.29) is 5.56 Å². The average Bonchev–Trinajstić information content (AvgIpc) is 2.52. The quantitative estimate of drug-likeness (QED) is 0.391. The van der Waals surface area contributed by atoms with Crippen molar-refractivity contribution in [1.29, 1.82) is 5.26 Å². The summed E-state index contributed by atoms with van der Waals surface area (Å²) in [4.78, 5) is 14.9. The number of nitrogens with zero attached hydrogens (tertiary/aromatic N) is 1. The van der Waals surface area contributed by atoms with Gasteiger partial charge in [0.25, 0.3) is 5.56 Å². The third-order valence-corrected chi connectivity index (χ3v) is 3.86. The number of fused-ring (bicyclic) bond motifs is 4. The van der Waals surface area contributed by atoms with Crippen LogP contribution in [0.1, 0.15) is 5.56 Å². The third-order valence-electron chi connectivity index (χ3n) is 3.86. The molecule has 0 atom stereocenters. The molecule has 0 radical (unpaired) electrons. The Hall–Kier alpha value is -3.12. The molecular weight excluding hydrogens is 260 g/mol. The van der Waals surface area contributed by atoms with Gasteiger partial charge in [-0.2, -0.15) is 5.26 Å². The monoisotopic (exact) mass is 270 g/mol. The summed E-state index contributed by atoms with van der Waals surface area (Å²) in [7, 11) is 0. The molecule has 3 aromatic carbocycles. The number of H-pyrrole nitrogens is 1. The number of nitriles is 1. The normalized spacial score (nSPS) is 11.0. The molecule has 4 rings (SSSR count). The highest BCUT2D eigenvalue weighted by molar-refractivity contribution is 6.13. The van der Waals surface area contributed by atoms with E-state index in [9.17, 15) is 10.1 Å². The Kier molecular flexibility index (Phi) is 2.33. The van der Waals surface area contributed by atoms with Gasteiger partial charge in [0.15, 0.2) is 0 Å². The van der Waals surface area contributed by atoms with Crippen molar-refractivity contribution >= 4 is 32.3 Å². The fraction of sp³-hybridized carbons (Fsp3) is 0. The van der Waals surface area contributed by atoms with Crippen LogP contribution >= 0.6 is 0 Å². The summed E-state index contributed by atoms with van der Waals surface area (Å²) < 4.78 is 0. The second-order valence-electron chi connectivity index (χ2n) is 5.05. The summed E-state index contributed by atoms with van der Waals surface area (Å²) in [5.41, 5.74) is 0.464. The summed E-state index contributed by atoms with van der Waals surface area (Å²) >= 11 is 0. The van der Waals surface area contributed by atoms with Gasteiger partial charge in [0.1, 0.15) is 0 Å². The smallest absolute Gasteiger partial charge is 0.256 e. The number of hydrogen-bond donors (Lipinski definition) is 1. The molecule has 0 spiro atoms. The van der Waals surface area contributed by atoms with Gasteiger partial charge in [-0.1, -0.05) is 24.3 Å². The van der Waals surface area contributed by atoms with Crippen LogP contribution in [0.4, 0.5) is 0 Å². The maximum absolute atomic E-state index is 12.2. The van der Waals surface area contributed by atoms with E-state index in [0.29, 0.717) is 10.9 Å². The van der Waals surface area contributed by atoms with Crippen LogP contribution < -0.4 is 5.56 Å². The number of pyridine rings is 1. The van der Waals surface area contributed by atoms with Crippen LogP contribution in [0.3, 0.4) is 0 Å². The summed E-state index contributed by atoms with van der Waals surface area (Å²) in [5.74, 6) is 0. The van der Waals surface area contributed by atoms with Gasteiger partial charge in [0.05, 0.1) is 17.0 Å². The number of benzene rings is 3. The van der Waals surface area contributed by atoms with Crippen LogP contribution in [0.25, 0.3) is 32.3 Å². The SMILES string of the molecule is N#Cc1cc2cc[nH]c(=O)c2c2cc3ccccc3cc12. The lowest BCUT2D eigenvalue weighted by atomic mass is 9.96. The lowest BCUT2D eigenvalue weighted by Crippen LogP contribution is -2.05. The zero-order chi connectivity index (χ0) is 14.4. The van der Waals surface area contributed by atoms with Crippen molar-refractivity contribution in [2.45, 2.75) is 0 Å². The van der Waals surface area contributed by atoms with E-state index in [4.69, 9.17) is 0 Å². The van der Waals surface area contributed by atoms with E-state index in [1.54, 1.807) is 12.3 Å². The first-order chi connectivity index (χ1) is 10.3. The van der Waals surface area contributed by atoms with E-state index in [2.05, 4.69) is 11.1 Å². The van der Waals surface area contributed by atoms with Crippen molar-refractivity contribution in [3.8, 4) is 6.07 Å². The zero-order valence-electron chi connectivity index (χ0n) is 11.1. The molecule has 0 saturated heterocycles. The van der Waals surface area contributed by atoms with Crippen molar-refractivity contribution in [3.05, 3.63) is 70.6 Å². The Morgan fingerprint density at radius 2 is 1.62 bits per heavy atom. The fourth-order valence-electron chi connectivity index (χ4n) is 2.89. The van der Waals surface area contributed by atoms with E-state index in [1.165, 1.54) is 0 Å². The Balaban J connectivity index is 2.37. The van der Waals surface area contributed by atoms with E-state index in [1.807, 2.05) is 42.5 Å². The number of hydrogen-bond acceptors (Lipinski definition) is 2. The highest BCUT2D eigenvalue weighted by Crippen LogP contribution is 2.30. The molecule has 0 saturated carbocycles. The lowest BCUT2D eigenvalue weighted by Gasteiger charge is -2.07. The number of aromatic amines is 1. The zero-order valence-corrected chi connectivity index (χ0v) is 11.1. The minimum Gasteiger partial charge on any atom is -0.329 e. The van der Waals surface area contributed by atoms with E-state index in [0.717, 1.165) is 26.9 Å². The molecule has 0 fully saturated rings. The predicted molar refractivity (Wildman–Crippen MR) is 84.3 cm³/mol. The topological polar surface area (TPSA) is 56.6 Å². The minimum atomic E-state index is -0.128. The first kappa shape index (κ1) is 11.7. The van der Waals surface area contributed by atoms with E-state index < -0.39 is 0 Å². The Labute approximate surface area is 120 Å². The van der Waals surface area contributed by atoms with Gasteiger partial charge in [-0.15, -0.1) is 0 Å². The van der Waals surface area contributed by atoms with Gasteiger partial charge in [-0.05, 0) is 45.8 Å². The first-order valence-electron chi connectivity index (χ1n) is 6.65. The van der Waals surface area contributed by atoms with Crippen LogP contribution in [-0.4, -0.2) is 4.98 Å². The largest absolute Gasteiger partial charge is 0.329 e. The molecule has 0 bridgehead atoms. The molecule has 1 aromatic heterocycles. The number of rotatable bonds is 0. The molecule has 21 heavy (non-hydrogen) atoms. The molecular formula is C18H10N2O. The van der Waals surface area contributed by atoms with Crippen LogP contribution in [0, 0.1) is 11.3 Å². The minimum absolute atomic E-state index is 0.128. The first-order valence-corrected chi connectivity index (χ1v) is 6.65. The van der Waals surface area contributed by atoms with Gasteiger partial charge < -0.3 is 4.98 Å². The molecule has 1 heterocycles. The molecule has 3 heteroatoms. The Morgan fingerprint density at radius 3 is 2.33 bits per heavy atom. The second kappa shape index (κ2) is 4.19. The maximum Gasteiger partial charge on any atom is 0.256 e. The average molecular weight is 270 g/mol. The highest BCUT2D eigenvalue weighted by Gasteiger charge is 2.10. The van der Waals surface area contributed by atoms with Gasteiger partial charge in [0.2, 0.25) is 0 Å². The van der Waals surface area contributed by atoms with Crippen molar-refractivity contribution in [1.82, 2.24) is 4.98 Å². The fourth-order valence-corrected chi connectivity index (χ4v) is 2.89. The second-order valence-corrected chi connectivity index (χ2v) is 5.05.